The maximum Gasteiger partial charge on any atom is 0.270 e. The van der Waals surface area contributed by atoms with E-state index in [9.17, 15) is 4.79 Å². The first-order chi connectivity index (χ1) is 12.4. The van der Waals surface area contributed by atoms with Crippen LogP contribution in [-0.2, 0) is 4.79 Å². The predicted octanol–water partition coefficient (Wildman–Crippen LogP) is 5.37. The predicted molar refractivity (Wildman–Crippen MR) is 119 cm³/mol. The molecule has 1 aliphatic rings. The highest BCUT2D eigenvalue weighted by Gasteiger charge is 2.33. The SMILES string of the molecule is COc1cc(/C=C2\SC(=S)N(c3cccc(Cl)c3)C2=O)cc(I)c1OC. The molecule has 26 heavy (non-hydrogen) atoms. The Bertz CT molecular complexity index is 933. The minimum Gasteiger partial charge on any atom is -0.493 e. The Balaban J connectivity index is 1.97. The van der Waals surface area contributed by atoms with Crippen molar-refractivity contribution in [1.29, 1.82) is 0 Å². The molecule has 3 rings (SSSR count). The molecule has 0 bridgehead atoms. The van der Waals surface area contributed by atoms with Crippen LogP contribution in [0.4, 0.5) is 5.69 Å². The zero-order valence-corrected chi connectivity index (χ0v) is 18.3. The van der Waals surface area contributed by atoms with Crippen LogP contribution in [-0.4, -0.2) is 24.4 Å². The van der Waals surface area contributed by atoms with Gasteiger partial charge in [-0.2, -0.15) is 0 Å². The largest absolute Gasteiger partial charge is 0.493 e. The summed E-state index contributed by atoms with van der Waals surface area (Å²) in [6.45, 7) is 0. The van der Waals surface area contributed by atoms with E-state index < -0.39 is 0 Å². The Hall–Kier alpha value is -1.29. The number of carbonyl (C=O) groups is 1. The summed E-state index contributed by atoms with van der Waals surface area (Å²) in [6.07, 6.45) is 1.80. The number of thiocarbonyl (C=S) groups is 1. The summed E-state index contributed by atoms with van der Waals surface area (Å²) in [5.41, 5.74) is 1.49. The zero-order chi connectivity index (χ0) is 18.8. The van der Waals surface area contributed by atoms with Gasteiger partial charge in [0.25, 0.3) is 5.91 Å². The van der Waals surface area contributed by atoms with E-state index in [1.807, 2.05) is 12.1 Å². The summed E-state index contributed by atoms with van der Waals surface area (Å²) in [6, 6.07) is 10.8. The van der Waals surface area contributed by atoms with Crippen LogP contribution in [0.1, 0.15) is 5.56 Å². The van der Waals surface area contributed by atoms with E-state index >= 15 is 0 Å². The van der Waals surface area contributed by atoms with E-state index in [4.69, 9.17) is 33.3 Å². The topological polar surface area (TPSA) is 38.8 Å². The van der Waals surface area contributed by atoms with Gasteiger partial charge in [0, 0.05) is 5.02 Å². The maximum absolute atomic E-state index is 12.8. The molecule has 0 spiro atoms. The van der Waals surface area contributed by atoms with Crippen molar-refractivity contribution < 1.29 is 14.3 Å². The molecule has 8 heteroatoms. The van der Waals surface area contributed by atoms with Gasteiger partial charge in [0.15, 0.2) is 15.8 Å². The molecule has 0 N–H and O–H groups in total. The van der Waals surface area contributed by atoms with Crippen molar-refractivity contribution in [2.45, 2.75) is 0 Å². The summed E-state index contributed by atoms with van der Waals surface area (Å²) in [7, 11) is 3.17. The molecule has 0 radical (unpaired) electrons. The lowest BCUT2D eigenvalue weighted by Gasteiger charge is -2.14. The van der Waals surface area contributed by atoms with Crippen LogP contribution < -0.4 is 14.4 Å². The maximum atomic E-state index is 12.8. The zero-order valence-electron chi connectivity index (χ0n) is 13.8. The Morgan fingerprint density at radius 2 is 2.00 bits per heavy atom. The minimum absolute atomic E-state index is 0.174. The molecule has 2 aromatic rings. The fraction of sp³-hybridized carbons (Fsp3) is 0.111. The average Bonchev–Trinajstić information content (AvgIpc) is 2.88. The number of halogens is 2. The van der Waals surface area contributed by atoms with Gasteiger partial charge < -0.3 is 9.47 Å². The van der Waals surface area contributed by atoms with E-state index in [1.54, 1.807) is 44.6 Å². The second-order valence-corrected chi connectivity index (χ2v) is 8.51. The smallest absolute Gasteiger partial charge is 0.270 e. The van der Waals surface area contributed by atoms with Gasteiger partial charge in [-0.25, -0.2) is 0 Å². The van der Waals surface area contributed by atoms with E-state index in [-0.39, 0.29) is 5.91 Å². The second kappa shape index (κ2) is 8.16. The summed E-state index contributed by atoms with van der Waals surface area (Å²) in [5.74, 6) is 1.10. The highest BCUT2D eigenvalue weighted by Crippen LogP contribution is 2.39. The Morgan fingerprint density at radius 1 is 1.23 bits per heavy atom. The number of methoxy groups -OCH3 is 2. The van der Waals surface area contributed by atoms with Crippen molar-refractivity contribution in [3.05, 3.63) is 55.5 Å². The molecule has 1 saturated heterocycles. The molecule has 1 aliphatic heterocycles. The van der Waals surface area contributed by atoms with Gasteiger partial charge in [-0.1, -0.05) is 41.6 Å². The third-order valence-corrected chi connectivity index (χ3v) is 5.95. The van der Waals surface area contributed by atoms with Crippen LogP contribution >= 0.6 is 58.2 Å². The molecular weight excluding hydrogens is 505 g/mol. The second-order valence-electron chi connectivity index (χ2n) is 5.24. The summed E-state index contributed by atoms with van der Waals surface area (Å²) < 4.78 is 12.1. The van der Waals surface area contributed by atoms with Gasteiger partial charge in [0.1, 0.15) is 0 Å². The molecule has 1 fully saturated rings. The number of anilines is 1. The quantitative estimate of drug-likeness (QED) is 0.310. The first-order valence-electron chi connectivity index (χ1n) is 7.39. The third-order valence-electron chi connectivity index (χ3n) is 3.61. The van der Waals surface area contributed by atoms with E-state index in [0.717, 1.165) is 9.13 Å². The van der Waals surface area contributed by atoms with E-state index in [2.05, 4.69) is 22.6 Å². The molecule has 0 saturated carbocycles. The van der Waals surface area contributed by atoms with Crippen LogP contribution in [0.5, 0.6) is 11.5 Å². The van der Waals surface area contributed by atoms with Crippen molar-refractivity contribution >= 4 is 80.2 Å². The summed E-state index contributed by atoms with van der Waals surface area (Å²) >= 11 is 14.9. The van der Waals surface area contributed by atoms with E-state index in [1.165, 1.54) is 16.7 Å². The van der Waals surface area contributed by atoms with Crippen molar-refractivity contribution in [2.24, 2.45) is 0 Å². The summed E-state index contributed by atoms with van der Waals surface area (Å²) in [5, 5.41) is 0.551. The number of thioether (sulfide) groups is 1. The lowest BCUT2D eigenvalue weighted by Crippen LogP contribution is -2.27. The van der Waals surface area contributed by atoms with Gasteiger partial charge in [-0.3, -0.25) is 9.69 Å². The van der Waals surface area contributed by atoms with Gasteiger partial charge in [0.2, 0.25) is 0 Å². The normalized spacial score (nSPS) is 15.7. The number of hydrogen-bond donors (Lipinski definition) is 0. The lowest BCUT2D eigenvalue weighted by molar-refractivity contribution is -0.113. The van der Waals surface area contributed by atoms with Gasteiger partial charge in [0.05, 0.1) is 28.4 Å². The first-order valence-corrected chi connectivity index (χ1v) is 10.1. The van der Waals surface area contributed by atoms with Crippen molar-refractivity contribution in [2.75, 3.05) is 19.1 Å². The van der Waals surface area contributed by atoms with Gasteiger partial charge >= 0.3 is 0 Å². The number of hydrogen-bond acceptors (Lipinski definition) is 5. The number of benzene rings is 2. The van der Waals surface area contributed by atoms with Crippen LogP contribution in [0.3, 0.4) is 0 Å². The van der Waals surface area contributed by atoms with Crippen LogP contribution in [0.15, 0.2) is 41.3 Å². The highest BCUT2D eigenvalue weighted by molar-refractivity contribution is 14.1. The molecule has 1 heterocycles. The molecule has 0 aromatic heterocycles. The molecule has 0 unspecified atom stereocenters. The Labute approximate surface area is 179 Å². The molecular formula is C18H13ClINO3S2. The van der Waals surface area contributed by atoms with Crippen molar-refractivity contribution in [3.63, 3.8) is 0 Å². The molecule has 0 aliphatic carbocycles. The lowest BCUT2D eigenvalue weighted by atomic mass is 10.2. The first kappa shape index (κ1) is 19.5. The van der Waals surface area contributed by atoms with E-state index in [0.29, 0.717) is 31.4 Å². The monoisotopic (exact) mass is 517 g/mol. The highest BCUT2D eigenvalue weighted by atomic mass is 127. The van der Waals surface area contributed by atoms with Gasteiger partial charge in [-0.05, 0) is 64.6 Å². The minimum atomic E-state index is -0.174. The fourth-order valence-corrected chi connectivity index (χ4v) is 4.81. The molecule has 0 atom stereocenters. The van der Waals surface area contributed by atoms with Crippen LogP contribution in [0, 0.1) is 3.57 Å². The van der Waals surface area contributed by atoms with Gasteiger partial charge in [-0.15, -0.1) is 0 Å². The Morgan fingerprint density at radius 3 is 2.65 bits per heavy atom. The number of amides is 1. The average molecular weight is 518 g/mol. The molecule has 1 amide bonds. The fourth-order valence-electron chi connectivity index (χ4n) is 2.48. The molecule has 4 nitrogen and oxygen atoms in total. The standard InChI is InChI=1S/C18H13ClINO3S2/c1-23-14-7-10(6-13(20)16(14)24-2)8-15-17(22)21(18(25)26-15)12-5-3-4-11(19)9-12/h3-9H,1-2H3/b15-8-. The Kier molecular flexibility index (Phi) is 6.11. The summed E-state index contributed by atoms with van der Waals surface area (Å²) in [4.78, 5) is 14.9. The third kappa shape index (κ3) is 3.85. The number of rotatable bonds is 4. The molecule has 134 valence electrons. The van der Waals surface area contributed by atoms with Crippen molar-refractivity contribution in [1.82, 2.24) is 0 Å². The number of ether oxygens (including phenoxy) is 2. The molecule has 2 aromatic carbocycles. The van der Waals surface area contributed by atoms with Crippen LogP contribution in [0.2, 0.25) is 5.02 Å². The van der Waals surface area contributed by atoms with Crippen molar-refractivity contribution in [3.8, 4) is 11.5 Å². The number of nitrogens with zero attached hydrogens (tertiary/aromatic N) is 1. The van der Waals surface area contributed by atoms with Crippen LogP contribution in [0.25, 0.3) is 6.08 Å². The number of carbonyl (C=O) groups excluding carboxylic acids is 1.